The molecule has 3 atom stereocenters. The average Bonchev–Trinajstić information content (AvgIpc) is 2.24. The Balaban J connectivity index is 2.30. The van der Waals surface area contributed by atoms with Gasteiger partial charge >= 0.3 is 89.2 Å². The van der Waals surface area contributed by atoms with Crippen LogP contribution >= 0.6 is 30.8 Å². The molecule has 13 heavy (non-hydrogen) atoms. The maximum absolute atomic E-state index is 9.32. The van der Waals surface area contributed by atoms with E-state index in [1.165, 1.54) is 0 Å². The number of hydrogen-bond acceptors (Lipinski definition) is 6. The standard InChI is InChI=1S/C5H12IO6P/c6-5-1-3(7)4(12-5)2-11-13(8,9)10/h3-5,7-10,13H,1-2H2/t3?,4?,5-/m1/s1. The molecule has 0 amide bonds. The van der Waals surface area contributed by atoms with Crippen LogP contribution in [0.1, 0.15) is 6.42 Å². The Hall–Kier alpha value is 0.920. The zero-order valence-corrected chi connectivity index (χ0v) is 9.79. The molecule has 2 unspecified atom stereocenters. The fraction of sp³-hybridized carbons (Fsp3) is 1.00. The van der Waals surface area contributed by atoms with E-state index in [0.717, 1.165) is 0 Å². The third kappa shape index (κ3) is 4.30. The summed E-state index contributed by atoms with van der Waals surface area (Å²) < 4.78 is 9.42. The molecule has 80 valence electrons. The van der Waals surface area contributed by atoms with E-state index in [1.54, 1.807) is 0 Å². The van der Waals surface area contributed by atoms with Crippen LogP contribution in [0.25, 0.3) is 0 Å². The molecule has 1 saturated heterocycles. The molecule has 0 aromatic carbocycles. The number of halogens is 1. The third-order valence-corrected chi connectivity index (χ3v) is 2.98. The van der Waals surface area contributed by atoms with Crippen molar-refractivity contribution in [2.75, 3.05) is 6.61 Å². The van der Waals surface area contributed by atoms with Crippen molar-refractivity contribution in [3.63, 3.8) is 0 Å². The molecule has 1 fully saturated rings. The molecule has 0 saturated carbocycles. The molecule has 0 bridgehead atoms. The van der Waals surface area contributed by atoms with E-state index in [2.05, 4.69) is 4.52 Å². The van der Waals surface area contributed by atoms with Crippen LogP contribution in [0.4, 0.5) is 0 Å². The van der Waals surface area contributed by atoms with Gasteiger partial charge in [-0.1, -0.05) is 0 Å². The van der Waals surface area contributed by atoms with Crippen molar-refractivity contribution in [1.29, 1.82) is 0 Å². The predicted molar refractivity (Wildman–Crippen MR) is 54.2 cm³/mol. The van der Waals surface area contributed by atoms with Gasteiger partial charge in [0.15, 0.2) is 0 Å². The van der Waals surface area contributed by atoms with Crippen molar-refractivity contribution in [1.82, 2.24) is 0 Å². The monoisotopic (exact) mass is 326 g/mol. The van der Waals surface area contributed by atoms with Gasteiger partial charge in [0.2, 0.25) is 0 Å². The van der Waals surface area contributed by atoms with E-state index in [4.69, 9.17) is 19.4 Å². The zero-order valence-electron chi connectivity index (χ0n) is 6.63. The van der Waals surface area contributed by atoms with E-state index in [9.17, 15) is 5.11 Å². The summed E-state index contributed by atoms with van der Waals surface area (Å²) in [5, 5.41) is 9.32. The topological polar surface area (TPSA) is 99.4 Å². The van der Waals surface area contributed by atoms with Crippen LogP contribution in [0.5, 0.6) is 0 Å². The van der Waals surface area contributed by atoms with Gasteiger partial charge in [0.05, 0.1) is 0 Å². The number of aliphatic hydroxyl groups excluding tert-OH is 1. The Morgan fingerprint density at radius 1 is 1.46 bits per heavy atom. The second kappa shape index (κ2) is 4.63. The predicted octanol–water partition coefficient (Wildman–Crippen LogP) is -0.699. The van der Waals surface area contributed by atoms with E-state index in [-0.39, 0.29) is 10.7 Å². The van der Waals surface area contributed by atoms with Crippen molar-refractivity contribution in [2.45, 2.75) is 22.7 Å². The summed E-state index contributed by atoms with van der Waals surface area (Å²) in [6, 6.07) is 0. The average molecular weight is 326 g/mol. The molecule has 6 nitrogen and oxygen atoms in total. The van der Waals surface area contributed by atoms with Gasteiger partial charge in [-0.05, 0) is 0 Å². The van der Waals surface area contributed by atoms with Gasteiger partial charge in [-0.3, -0.25) is 0 Å². The summed E-state index contributed by atoms with van der Waals surface area (Å²) in [5.74, 6) is 0. The van der Waals surface area contributed by atoms with E-state index in [0.29, 0.717) is 6.42 Å². The minimum atomic E-state index is -4.47. The van der Waals surface area contributed by atoms with E-state index >= 15 is 0 Å². The van der Waals surface area contributed by atoms with Gasteiger partial charge in [-0.25, -0.2) is 0 Å². The fourth-order valence-electron chi connectivity index (χ4n) is 1.02. The summed E-state index contributed by atoms with van der Waals surface area (Å²) >= 11 is 2.01. The van der Waals surface area contributed by atoms with Gasteiger partial charge in [0, 0.05) is 0 Å². The zero-order chi connectivity index (χ0) is 10.1. The molecule has 1 heterocycles. The molecule has 0 spiro atoms. The molecular weight excluding hydrogens is 314 g/mol. The van der Waals surface area contributed by atoms with Crippen LogP contribution in [0, 0.1) is 0 Å². The molecule has 1 rings (SSSR count). The molecule has 1 aliphatic heterocycles. The molecule has 4 N–H and O–H groups in total. The van der Waals surface area contributed by atoms with Crippen molar-refractivity contribution in [3.05, 3.63) is 0 Å². The second-order valence-electron chi connectivity index (χ2n) is 2.77. The summed E-state index contributed by atoms with van der Waals surface area (Å²) in [7, 11) is -4.47. The number of hydrogen-bond donors (Lipinski definition) is 4. The first-order valence-electron chi connectivity index (χ1n) is 3.67. The van der Waals surface area contributed by atoms with Crippen molar-refractivity contribution >= 4 is 30.8 Å². The van der Waals surface area contributed by atoms with E-state index < -0.39 is 20.4 Å². The summed E-state index contributed by atoms with van der Waals surface area (Å²) in [5.41, 5.74) is 0. The quantitative estimate of drug-likeness (QED) is 0.311. The molecule has 1 aliphatic rings. The first kappa shape index (κ1) is 12.0. The number of rotatable bonds is 3. The van der Waals surface area contributed by atoms with Crippen LogP contribution in [0.3, 0.4) is 0 Å². The molecule has 0 aliphatic carbocycles. The maximum atomic E-state index is 9.32. The van der Waals surface area contributed by atoms with Crippen LogP contribution in [0.2, 0.25) is 0 Å². The summed E-state index contributed by atoms with van der Waals surface area (Å²) in [6.45, 7) is -0.212. The van der Waals surface area contributed by atoms with Crippen molar-refractivity contribution < 1.29 is 29.0 Å². The van der Waals surface area contributed by atoms with Gasteiger partial charge in [0.1, 0.15) is 0 Å². The van der Waals surface area contributed by atoms with Gasteiger partial charge in [-0.15, -0.1) is 0 Å². The van der Waals surface area contributed by atoms with E-state index in [1.807, 2.05) is 22.6 Å². The Morgan fingerprint density at radius 2 is 2.08 bits per heavy atom. The fourth-order valence-corrected chi connectivity index (χ4v) is 2.31. The Kier molecular flexibility index (Phi) is 4.27. The summed E-state index contributed by atoms with van der Waals surface area (Å²) in [6.07, 6.45) is -0.802. The molecule has 0 aromatic heterocycles. The van der Waals surface area contributed by atoms with Crippen LogP contribution in [-0.2, 0) is 9.26 Å². The third-order valence-electron chi connectivity index (χ3n) is 1.62. The second-order valence-corrected chi connectivity index (χ2v) is 5.60. The van der Waals surface area contributed by atoms with Gasteiger partial charge in [0.25, 0.3) is 0 Å². The van der Waals surface area contributed by atoms with Gasteiger partial charge < -0.3 is 0 Å². The van der Waals surface area contributed by atoms with Crippen molar-refractivity contribution in [3.8, 4) is 0 Å². The minimum absolute atomic E-state index is 0.103. The van der Waals surface area contributed by atoms with Crippen LogP contribution in [0.15, 0.2) is 0 Å². The SMILES string of the molecule is OC1C[C@H](I)OC1CO[PH](O)(O)O. The molecular formula is C5H12IO6P. The van der Waals surface area contributed by atoms with Gasteiger partial charge in [-0.2, -0.15) is 0 Å². The normalized spacial score (nSPS) is 36.5. The number of alkyl halides is 1. The Bertz CT molecular complexity index is 173. The molecule has 0 radical (unpaired) electrons. The van der Waals surface area contributed by atoms with Crippen molar-refractivity contribution in [2.24, 2.45) is 0 Å². The first-order valence-corrected chi connectivity index (χ1v) is 6.67. The molecule has 8 heteroatoms. The Labute approximate surface area is 89.3 Å². The Morgan fingerprint density at radius 3 is 2.46 bits per heavy atom. The first-order chi connectivity index (χ1) is 5.88. The van der Waals surface area contributed by atoms with Crippen LogP contribution in [-0.4, -0.2) is 42.7 Å². The number of ether oxygens (including phenoxy) is 1. The van der Waals surface area contributed by atoms with Crippen LogP contribution < -0.4 is 0 Å². The molecule has 0 aromatic rings. The number of aliphatic hydroxyl groups is 1. The summed E-state index contributed by atoms with van der Waals surface area (Å²) in [4.78, 5) is 25.6.